The van der Waals surface area contributed by atoms with Crippen molar-refractivity contribution in [2.45, 2.75) is 29.8 Å². The number of amides is 2. The van der Waals surface area contributed by atoms with E-state index in [9.17, 15) is 14.4 Å². The molecule has 2 amide bonds. The topological polar surface area (TPSA) is 78.5 Å². The highest BCUT2D eigenvalue weighted by molar-refractivity contribution is 6.31. The number of benzene rings is 3. The van der Waals surface area contributed by atoms with Gasteiger partial charge in [0.1, 0.15) is 11.0 Å². The van der Waals surface area contributed by atoms with Gasteiger partial charge in [0.25, 0.3) is 5.91 Å². The van der Waals surface area contributed by atoms with Gasteiger partial charge in [-0.15, -0.1) is 0 Å². The van der Waals surface area contributed by atoms with Gasteiger partial charge in [-0.3, -0.25) is 19.3 Å². The van der Waals surface area contributed by atoms with Crippen molar-refractivity contribution in [2.75, 3.05) is 17.2 Å². The first-order chi connectivity index (χ1) is 17.4. The molecule has 2 saturated heterocycles. The van der Waals surface area contributed by atoms with Crippen LogP contribution < -0.4 is 10.6 Å². The van der Waals surface area contributed by atoms with Crippen molar-refractivity contribution in [3.8, 4) is 0 Å². The second-order valence-corrected chi connectivity index (χ2v) is 10.8. The number of nitrogens with one attached hydrogen (secondary N) is 2. The summed E-state index contributed by atoms with van der Waals surface area (Å²) in [5.74, 6) is -1.60. The molecule has 4 unspecified atom stereocenters. The molecule has 4 heterocycles. The predicted octanol–water partition coefficient (Wildman–Crippen LogP) is 5.01. The lowest BCUT2D eigenvalue weighted by Gasteiger charge is -2.43. The summed E-state index contributed by atoms with van der Waals surface area (Å²) in [5.41, 5.74) is 0.120. The molecule has 0 aromatic heterocycles. The van der Waals surface area contributed by atoms with Crippen LogP contribution in [0.25, 0.3) is 0 Å². The first-order valence-electron chi connectivity index (χ1n) is 12.0. The molecule has 3 aromatic rings. The number of hydrogen-bond donors (Lipinski definition) is 2. The van der Waals surface area contributed by atoms with Gasteiger partial charge in [0.05, 0.1) is 5.92 Å². The molecule has 0 bridgehead atoms. The third-order valence-electron chi connectivity index (χ3n) is 8.47. The standard InChI is InChI=1S/C28H21Cl2N3O3/c29-16-9-7-15(8-10-16)24(34)23-22-6-3-13-33(22)28(19-14-17(30)11-12-21(19)32-26(28)36)27(23)18-4-1-2-5-20(18)31-25(27)35/h1-2,4-5,7-12,14,22-23H,3,6,13H2,(H,31,35)(H,32,36). The number of halogens is 2. The molecular weight excluding hydrogens is 497 g/mol. The number of para-hydroxylation sites is 1. The maximum Gasteiger partial charge on any atom is 0.251 e. The van der Waals surface area contributed by atoms with E-state index in [-0.39, 0.29) is 23.6 Å². The van der Waals surface area contributed by atoms with Crippen LogP contribution in [0.3, 0.4) is 0 Å². The van der Waals surface area contributed by atoms with Crippen LogP contribution in [-0.2, 0) is 20.5 Å². The lowest BCUT2D eigenvalue weighted by molar-refractivity contribution is -0.137. The Bertz CT molecular complexity index is 1490. The zero-order valence-electron chi connectivity index (χ0n) is 19.1. The fourth-order valence-electron chi connectivity index (χ4n) is 7.34. The van der Waals surface area contributed by atoms with Crippen LogP contribution in [0.4, 0.5) is 11.4 Å². The van der Waals surface area contributed by atoms with Crippen molar-refractivity contribution in [3.63, 3.8) is 0 Å². The van der Waals surface area contributed by atoms with E-state index in [1.54, 1.807) is 42.5 Å². The predicted molar refractivity (Wildman–Crippen MR) is 138 cm³/mol. The van der Waals surface area contributed by atoms with Gasteiger partial charge < -0.3 is 10.6 Å². The summed E-state index contributed by atoms with van der Waals surface area (Å²) in [4.78, 5) is 45.2. The average Bonchev–Trinajstić information content (AvgIpc) is 3.58. The Morgan fingerprint density at radius 3 is 2.36 bits per heavy atom. The number of Topliss-reactive ketones (excluding diaryl/α,β-unsaturated/α-hetero) is 1. The van der Waals surface area contributed by atoms with Gasteiger partial charge in [0.15, 0.2) is 5.78 Å². The van der Waals surface area contributed by atoms with E-state index in [1.807, 2.05) is 24.3 Å². The third kappa shape index (κ3) is 2.45. The quantitative estimate of drug-likeness (QED) is 0.468. The van der Waals surface area contributed by atoms with Crippen LogP contribution in [0.5, 0.6) is 0 Å². The van der Waals surface area contributed by atoms with E-state index >= 15 is 0 Å². The van der Waals surface area contributed by atoms with Crippen LogP contribution in [0, 0.1) is 5.92 Å². The molecule has 4 aliphatic rings. The molecular formula is C28H21Cl2N3O3. The minimum absolute atomic E-state index is 0.171. The van der Waals surface area contributed by atoms with Gasteiger partial charge in [-0.05, 0) is 73.5 Å². The van der Waals surface area contributed by atoms with Crippen molar-refractivity contribution >= 4 is 52.2 Å². The van der Waals surface area contributed by atoms with Crippen molar-refractivity contribution in [1.82, 2.24) is 4.90 Å². The van der Waals surface area contributed by atoms with Crippen LogP contribution in [0.1, 0.15) is 34.3 Å². The zero-order valence-corrected chi connectivity index (χ0v) is 20.6. The van der Waals surface area contributed by atoms with Gasteiger partial charge in [-0.1, -0.05) is 41.4 Å². The molecule has 3 aromatic carbocycles. The van der Waals surface area contributed by atoms with E-state index in [0.29, 0.717) is 51.1 Å². The monoisotopic (exact) mass is 517 g/mol. The summed E-state index contributed by atoms with van der Waals surface area (Å²) in [7, 11) is 0. The SMILES string of the molecule is O=C(c1ccc(Cl)cc1)C1C2CCCN2C2(C(=O)Nc3ccc(Cl)cc32)C12C(=O)Nc1ccccc12. The number of hydrogen-bond acceptors (Lipinski definition) is 4. The number of nitrogens with zero attached hydrogens (tertiary/aromatic N) is 1. The molecule has 36 heavy (non-hydrogen) atoms. The molecule has 7 rings (SSSR count). The molecule has 0 radical (unpaired) electrons. The Morgan fingerprint density at radius 2 is 1.56 bits per heavy atom. The number of carbonyl (C=O) groups is 3. The molecule has 2 spiro atoms. The summed E-state index contributed by atoms with van der Waals surface area (Å²) in [5, 5.41) is 7.05. The minimum Gasteiger partial charge on any atom is -0.325 e. The Kier molecular flexibility index (Phi) is 4.54. The molecule has 180 valence electrons. The van der Waals surface area contributed by atoms with E-state index in [0.717, 1.165) is 6.42 Å². The van der Waals surface area contributed by atoms with E-state index in [2.05, 4.69) is 15.5 Å². The van der Waals surface area contributed by atoms with Crippen LogP contribution in [0.2, 0.25) is 10.0 Å². The fraction of sp³-hybridized carbons (Fsp3) is 0.250. The van der Waals surface area contributed by atoms with Crippen molar-refractivity contribution in [2.24, 2.45) is 5.92 Å². The van der Waals surface area contributed by atoms with E-state index < -0.39 is 16.9 Å². The Hall–Kier alpha value is -3.19. The van der Waals surface area contributed by atoms with E-state index in [4.69, 9.17) is 23.2 Å². The van der Waals surface area contributed by atoms with Crippen LogP contribution in [0.15, 0.2) is 66.7 Å². The first kappa shape index (κ1) is 22.0. The normalized spacial score (nSPS) is 29.8. The molecule has 4 aliphatic heterocycles. The number of fused-ring (bicyclic) bond motifs is 7. The highest BCUT2D eigenvalue weighted by atomic mass is 35.5. The van der Waals surface area contributed by atoms with Crippen molar-refractivity contribution in [1.29, 1.82) is 0 Å². The highest BCUT2D eigenvalue weighted by Crippen LogP contribution is 2.68. The lowest BCUT2D eigenvalue weighted by atomic mass is 9.57. The smallest absolute Gasteiger partial charge is 0.251 e. The average molecular weight is 518 g/mol. The summed E-state index contributed by atoms with van der Waals surface area (Å²) < 4.78 is 0. The summed E-state index contributed by atoms with van der Waals surface area (Å²) >= 11 is 12.6. The Labute approximate surface area is 217 Å². The molecule has 2 N–H and O–H groups in total. The number of ketones is 1. The summed E-state index contributed by atoms with van der Waals surface area (Å²) in [6, 6.07) is 19.1. The van der Waals surface area contributed by atoms with Gasteiger partial charge in [0, 0.05) is 38.6 Å². The molecule has 8 heteroatoms. The second-order valence-electron chi connectivity index (χ2n) is 9.91. The number of carbonyl (C=O) groups excluding carboxylic acids is 3. The minimum atomic E-state index is -1.48. The Balaban J connectivity index is 1.59. The fourth-order valence-corrected chi connectivity index (χ4v) is 7.64. The largest absolute Gasteiger partial charge is 0.325 e. The van der Waals surface area contributed by atoms with Crippen molar-refractivity contribution < 1.29 is 14.4 Å². The van der Waals surface area contributed by atoms with Gasteiger partial charge >= 0.3 is 0 Å². The molecule has 0 saturated carbocycles. The van der Waals surface area contributed by atoms with Crippen LogP contribution in [-0.4, -0.2) is 35.1 Å². The number of anilines is 2. The maximum atomic E-state index is 14.4. The third-order valence-corrected chi connectivity index (χ3v) is 8.96. The lowest BCUT2D eigenvalue weighted by Crippen LogP contribution is -2.62. The summed E-state index contributed by atoms with van der Waals surface area (Å²) in [6.45, 7) is 0.589. The zero-order chi connectivity index (χ0) is 24.8. The Morgan fingerprint density at radius 1 is 0.861 bits per heavy atom. The second kappa shape index (κ2) is 7.42. The summed E-state index contributed by atoms with van der Waals surface area (Å²) in [6.07, 6.45) is 1.52. The number of rotatable bonds is 2. The van der Waals surface area contributed by atoms with Crippen LogP contribution >= 0.6 is 23.2 Å². The van der Waals surface area contributed by atoms with Gasteiger partial charge in [0.2, 0.25) is 5.91 Å². The highest BCUT2D eigenvalue weighted by Gasteiger charge is 2.81. The van der Waals surface area contributed by atoms with E-state index in [1.165, 1.54) is 0 Å². The van der Waals surface area contributed by atoms with Gasteiger partial charge in [-0.2, -0.15) is 0 Å². The molecule has 6 nitrogen and oxygen atoms in total. The van der Waals surface area contributed by atoms with Gasteiger partial charge in [-0.25, -0.2) is 0 Å². The first-order valence-corrected chi connectivity index (χ1v) is 12.7. The van der Waals surface area contributed by atoms with Crippen molar-refractivity contribution in [3.05, 3.63) is 93.5 Å². The molecule has 4 atom stereocenters. The molecule has 2 fully saturated rings. The maximum absolute atomic E-state index is 14.4. The molecule has 0 aliphatic carbocycles.